The van der Waals surface area contributed by atoms with E-state index in [2.05, 4.69) is 6.58 Å². The third-order valence-corrected chi connectivity index (χ3v) is 4.07. The summed E-state index contributed by atoms with van der Waals surface area (Å²) in [4.78, 5) is 0. The van der Waals surface area contributed by atoms with Gasteiger partial charge >= 0.3 is 7.82 Å². The summed E-state index contributed by atoms with van der Waals surface area (Å²) in [5.41, 5.74) is -0.625. The van der Waals surface area contributed by atoms with Gasteiger partial charge in [0.15, 0.2) is 0 Å². The predicted octanol–water partition coefficient (Wildman–Crippen LogP) is 2.82. The lowest BCUT2D eigenvalue weighted by molar-refractivity contribution is 0.00417. The molecule has 1 saturated heterocycles. The van der Waals surface area contributed by atoms with E-state index in [0.29, 0.717) is 6.42 Å². The summed E-state index contributed by atoms with van der Waals surface area (Å²) in [5, 5.41) is 0. The fourth-order valence-electron chi connectivity index (χ4n) is 1.63. The van der Waals surface area contributed by atoms with Crippen molar-refractivity contribution in [3.05, 3.63) is 24.8 Å². The molecule has 1 fully saturated rings. The van der Waals surface area contributed by atoms with E-state index < -0.39 is 13.4 Å². The summed E-state index contributed by atoms with van der Waals surface area (Å²) in [6.45, 7) is 7.27. The van der Waals surface area contributed by atoms with Crippen LogP contribution in [0.1, 0.15) is 20.3 Å². The van der Waals surface area contributed by atoms with Crippen LogP contribution >= 0.6 is 7.82 Å². The van der Waals surface area contributed by atoms with Crippen LogP contribution in [-0.4, -0.2) is 17.8 Å². The first-order valence-corrected chi connectivity index (χ1v) is 6.38. The van der Waals surface area contributed by atoms with E-state index >= 15 is 0 Å². The molecule has 2 aliphatic heterocycles. The highest BCUT2D eigenvalue weighted by atomic mass is 31.2. The maximum atomic E-state index is 12.1. The molecule has 5 heteroatoms. The lowest BCUT2D eigenvalue weighted by Crippen LogP contribution is -2.26. The van der Waals surface area contributed by atoms with Crippen LogP contribution in [0.5, 0.6) is 0 Å². The second-order valence-corrected chi connectivity index (χ2v) is 5.76. The van der Waals surface area contributed by atoms with E-state index in [9.17, 15) is 4.57 Å². The Kier molecular flexibility index (Phi) is 2.63. The number of hydrogen-bond acceptors (Lipinski definition) is 4. The van der Waals surface area contributed by atoms with Gasteiger partial charge in [-0.25, -0.2) is 4.57 Å². The van der Waals surface area contributed by atoms with Crippen molar-refractivity contribution in [1.29, 1.82) is 0 Å². The van der Waals surface area contributed by atoms with Gasteiger partial charge in [0.1, 0.15) is 0 Å². The maximum absolute atomic E-state index is 12.1. The molecule has 3 atom stereocenters. The zero-order chi connectivity index (χ0) is 11.1. The SMILES string of the molecule is C=C[C@H]1C[C@@H]2C=CC(C)(C)O[P@](=O)(O1)O2. The van der Waals surface area contributed by atoms with Crippen LogP contribution in [0.4, 0.5) is 0 Å². The molecular weight excluding hydrogens is 215 g/mol. The first-order valence-electron chi connectivity index (χ1n) is 4.92. The van der Waals surface area contributed by atoms with Crippen molar-refractivity contribution in [2.24, 2.45) is 0 Å². The number of phosphoric ester groups is 1. The first-order chi connectivity index (χ1) is 6.92. The van der Waals surface area contributed by atoms with Gasteiger partial charge in [0.25, 0.3) is 0 Å². The molecule has 84 valence electrons. The average molecular weight is 230 g/mol. The van der Waals surface area contributed by atoms with Crippen LogP contribution in [0.3, 0.4) is 0 Å². The lowest BCUT2D eigenvalue weighted by Gasteiger charge is -2.32. The first kappa shape index (κ1) is 11.1. The van der Waals surface area contributed by atoms with E-state index in [0.717, 1.165) is 0 Å². The Morgan fingerprint density at radius 3 is 2.93 bits per heavy atom. The van der Waals surface area contributed by atoms with Crippen molar-refractivity contribution in [3.63, 3.8) is 0 Å². The Hall–Kier alpha value is -0.410. The second-order valence-electron chi connectivity index (χ2n) is 4.26. The Bertz CT molecular complexity index is 347. The van der Waals surface area contributed by atoms with Gasteiger partial charge in [-0.2, -0.15) is 0 Å². The lowest BCUT2D eigenvalue weighted by atomic mass is 10.1. The molecule has 0 N–H and O–H groups in total. The molecule has 0 aromatic carbocycles. The molecule has 2 rings (SSSR count). The molecular formula is C10H15O4P. The summed E-state index contributed by atoms with van der Waals surface area (Å²) >= 11 is 0. The van der Waals surface area contributed by atoms with Crippen molar-refractivity contribution in [2.75, 3.05) is 0 Å². The standard InChI is InChI=1S/C10H15O4P/c1-4-8-7-9-5-6-10(2,3)14-15(11,12-8)13-9/h4-6,8-9H,1,7H2,2-3H3/t8-,9-,15+/m0/s1. The van der Waals surface area contributed by atoms with Gasteiger partial charge in [0.05, 0.1) is 17.8 Å². The van der Waals surface area contributed by atoms with Crippen LogP contribution in [0.2, 0.25) is 0 Å². The van der Waals surface area contributed by atoms with Gasteiger partial charge in [-0.3, -0.25) is 13.6 Å². The van der Waals surface area contributed by atoms with Crippen molar-refractivity contribution in [3.8, 4) is 0 Å². The molecule has 0 aromatic heterocycles. The smallest absolute Gasteiger partial charge is 0.279 e. The Labute approximate surface area is 89.5 Å². The van der Waals surface area contributed by atoms with Crippen molar-refractivity contribution < 1.29 is 18.1 Å². The largest absolute Gasteiger partial charge is 0.476 e. The van der Waals surface area contributed by atoms with Gasteiger partial charge in [-0.15, -0.1) is 6.58 Å². The Morgan fingerprint density at radius 1 is 1.53 bits per heavy atom. The number of phosphoric acid groups is 1. The summed E-state index contributed by atoms with van der Waals surface area (Å²) < 4.78 is 28.0. The van der Waals surface area contributed by atoms with Gasteiger partial charge in [0.2, 0.25) is 0 Å². The molecule has 2 heterocycles. The van der Waals surface area contributed by atoms with E-state index in [1.807, 2.05) is 26.0 Å². The summed E-state index contributed by atoms with van der Waals surface area (Å²) in [6.07, 6.45) is 5.49. The minimum atomic E-state index is -3.44. The van der Waals surface area contributed by atoms with Crippen molar-refractivity contribution in [2.45, 2.75) is 38.1 Å². The van der Waals surface area contributed by atoms with E-state index in [4.69, 9.17) is 13.6 Å². The molecule has 2 bridgehead atoms. The molecule has 0 unspecified atom stereocenters. The summed E-state index contributed by atoms with van der Waals surface area (Å²) in [5.74, 6) is 0. The normalized spacial score (nSPS) is 43.3. The molecule has 15 heavy (non-hydrogen) atoms. The zero-order valence-corrected chi connectivity index (χ0v) is 9.78. The number of fused-ring (bicyclic) bond motifs is 2. The minimum Gasteiger partial charge on any atom is -0.279 e. The molecule has 0 radical (unpaired) electrons. The van der Waals surface area contributed by atoms with Gasteiger partial charge in [0, 0.05) is 6.42 Å². The van der Waals surface area contributed by atoms with Crippen molar-refractivity contribution >= 4 is 7.82 Å². The molecule has 4 nitrogen and oxygen atoms in total. The number of rotatable bonds is 1. The highest BCUT2D eigenvalue weighted by molar-refractivity contribution is 7.48. The fraction of sp³-hybridized carbons (Fsp3) is 0.600. The monoisotopic (exact) mass is 230 g/mol. The minimum absolute atomic E-state index is 0.214. The second kappa shape index (κ2) is 3.56. The van der Waals surface area contributed by atoms with Crippen LogP contribution in [0, 0.1) is 0 Å². The number of hydrogen-bond donors (Lipinski definition) is 0. The van der Waals surface area contributed by atoms with Crippen LogP contribution < -0.4 is 0 Å². The fourth-order valence-corrected chi connectivity index (χ4v) is 3.39. The van der Waals surface area contributed by atoms with Crippen LogP contribution in [0.25, 0.3) is 0 Å². The zero-order valence-electron chi connectivity index (χ0n) is 8.88. The predicted molar refractivity (Wildman–Crippen MR) is 56.5 cm³/mol. The molecule has 0 spiro atoms. The topological polar surface area (TPSA) is 44.8 Å². The van der Waals surface area contributed by atoms with E-state index in [1.165, 1.54) is 0 Å². The van der Waals surface area contributed by atoms with Crippen LogP contribution in [0.15, 0.2) is 24.8 Å². The van der Waals surface area contributed by atoms with Gasteiger partial charge in [-0.1, -0.05) is 18.2 Å². The van der Waals surface area contributed by atoms with Crippen molar-refractivity contribution in [1.82, 2.24) is 0 Å². The Balaban J connectivity index is 2.30. The summed E-state index contributed by atoms with van der Waals surface area (Å²) in [6, 6.07) is 0. The molecule has 0 saturated carbocycles. The summed E-state index contributed by atoms with van der Waals surface area (Å²) in [7, 11) is -3.44. The molecule has 2 aliphatic rings. The highest BCUT2D eigenvalue weighted by Crippen LogP contribution is 2.59. The third-order valence-electron chi connectivity index (χ3n) is 2.32. The molecule has 0 aliphatic carbocycles. The Morgan fingerprint density at radius 2 is 2.27 bits per heavy atom. The average Bonchev–Trinajstić information content (AvgIpc) is 2.19. The van der Waals surface area contributed by atoms with E-state index in [-0.39, 0.29) is 12.2 Å². The van der Waals surface area contributed by atoms with E-state index in [1.54, 1.807) is 6.08 Å². The highest BCUT2D eigenvalue weighted by Gasteiger charge is 2.44. The maximum Gasteiger partial charge on any atom is 0.476 e. The van der Waals surface area contributed by atoms with Gasteiger partial charge in [-0.05, 0) is 13.8 Å². The quantitative estimate of drug-likeness (QED) is 0.513. The molecule has 0 amide bonds. The molecule has 0 aromatic rings. The van der Waals surface area contributed by atoms with Crippen LogP contribution in [-0.2, 0) is 18.1 Å². The third kappa shape index (κ3) is 2.40. The van der Waals surface area contributed by atoms with Gasteiger partial charge < -0.3 is 0 Å².